The normalized spacial score (nSPS) is 14.2. The number of aromatic nitrogens is 2. The Labute approximate surface area is 231 Å². The number of rotatable bonds is 12. The Bertz CT molecular complexity index is 1230. The van der Waals surface area contributed by atoms with E-state index in [-0.39, 0.29) is 17.4 Å². The van der Waals surface area contributed by atoms with Gasteiger partial charge in [-0.2, -0.15) is 12.6 Å². The maximum absolute atomic E-state index is 13.0. The number of benzene rings is 1. The van der Waals surface area contributed by atoms with E-state index < -0.39 is 60.4 Å². The van der Waals surface area contributed by atoms with Gasteiger partial charge in [0.1, 0.15) is 29.9 Å². The highest BCUT2D eigenvalue weighted by Crippen LogP contribution is 2.14. The van der Waals surface area contributed by atoms with Crippen LogP contribution < -0.4 is 10.6 Å². The molecule has 0 radical (unpaired) electrons. The second kappa shape index (κ2) is 13.8. The Balaban J connectivity index is 2.07. The van der Waals surface area contributed by atoms with Crippen LogP contribution in [0.15, 0.2) is 30.5 Å². The van der Waals surface area contributed by atoms with Crippen LogP contribution in [-0.2, 0) is 19.2 Å². The van der Waals surface area contributed by atoms with Crippen molar-refractivity contribution in [3.8, 4) is 0 Å². The van der Waals surface area contributed by atoms with E-state index in [1.54, 1.807) is 38.1 Å². The summed E-state index contributed by atoms with van der Waals surface area (Å²) in [5, 5.41) is 24.0. The molecule has 2 aromatic rings. The molecule has 1 aromatic carbocycles. The largest absolute Gasteiger partial charge is 0.480 e. The predicted octanol–water partition coefficient (Wildman–Crippen LogP) is -0.450. The van der Waals surface area contributed by atoms with Gasteiger partial charge >= 0.3 is 5.97 Å². The number of nitrogens with zero attached hydrogens (tertiary/aromatic N) is 4. The third-order valence-electron chi connectivity index (χ3n) is 6.14. The number of likely N-dealkylation sites (N-methyl/N-ethyl adjacent to an activating group) is 2. The lowest BCUT2D eigenvalue weighted by atomic mass is 10.0. The number of para-hydroxylation sites is 2. The van der Waals surface area contributed by atoms with Gasteiger partial charge < -0.3 is 30.6 Å². The van der Waals surface area contributed by atoms with Gasteiger partial charge in [0.05, 0.1) is 23.8 Å². The monoisotopic (exact) mass is 562 g/mol. The van der Waals surface area contributed by atoms with Gasteiger partial charge in [-0.15, -0.1) is 0 Å². The zero-order valence-corrected chi connectivity index (χ0v) is 23.3. The van der Waals surface area contributed by atoms with Crippen LogP contribution >= 0.6 is 12.6 Å². The molecular formula is C25H34N6O7S. The summed E-state index contributed by atoms with van der Waals surface area (Å²) < 4.78 is 0. The van der Waals surface area contributed by atoms with Gasteiger partial charge in [-0.05, 0) is 25.0 Å². The van der Waals surface area contributed by atoms with E-state index in [0.29, 0.717) is 11.0 Å². The molecule has 0 aliphatic heterocycles. The Morgan fingerprint density at radius 3 is 2.13 bits per heavy atom. The van der Waals surface area contributed by atoms with E-state index in [0.717, 1.165) is 9.80 Å². The molecule has 0 bridgehead atoms. The summed E-state index contributed by atoms with van der Waals surface area (Å²) in [6.07, 6.45) is 1.24. The number of amides is 4. The molecule has 4 atom stereocenters. The molecule has 0 unspecified atom stereocenters. The lowest BCUT2D eigenvalue weighted by Crippen LogP contribution is -2.59. The van der Waals surface area contributed by atoms with Crippen LogP contribution in [-0.4, -0.2) is 110 Å². The van der Waals surface area contributed by atoms with Crippen molar-refractivity contribution in [3.05, 3.63) is 36.2 Å². The molecule has 0 aliphatic rings. The summed E-state index contributed by atoms with van der Waals surface area (Å²) in [6.45, 7) is 3.94. The van der Waals surface area contributed by atoms with Gasteiger partial charge in [0.25, 0.3) is 5.91 Å². The lowest BCUT2D eigenvalue weighted by molar-refractivity contribution is -0.154. The third kappa shape index (κ3) is 7.63. The minimum absolute atomic E-state index is 0.0656. The van der Waals surface area contributed by atoms with E-state index >= 15 is 0 Å². The summed E-state index contributed by atoms with van der Waals surface area (Å²) in [4.78, 5) is 73.6. The minimum atomic E-state index is -1.40. The zero-order valence-electron chi connectivity index (χ0n) is 22.4. The van der Waals surface area contributed by atoms with Gasteiger partial charge in [0.2, 0.25) is 17.7 Å². The molecule has 13 nitrogen and oxygen atoms in total. The third-order valence-corrected chi connectivity index (χ3v) is 6.48. The summed E-state index contributed by atoms with van der Waals surface area (Å²) >= 11 is 4.17. The SMILES string of the molecule is CC(C)[C@@H](C(=O)O)N(C)C(=O)[C@H](CS)N(C)C(=O)[C@H](C)NC(=O)[C@@H](CO)NC(=O)c1cnc2ccccc2n1. The number of carbonyl (C=O) groups is 5. The number of fused-ring (bicyclic) bond motifs is 1. The lowest BCUT2D eigenvalue weighted by Gasteiger charge is -2.35. The fourth-order valence-corrected chi connectivity index (χ4v) is 4.37. The van der Waals surface area contributed by atoms with E-state index in [2.05, 4.69) is 33.2 Å². The predicted molar refractivity (Wildman–Crippen MR) is 145 cm³/mol. The zero-order chi connectivity index (χ0) is 29.4. The smallest absolute Gasteiger partial charge is 0.326 e. The van der Waals surface area contributed by atoms with Gasteiger partial charge in [-0.25, -0.2) is 9.78 Å². The maximum Gasteiger partial charge on any atom is 0.326 e. The average molecular weight is 563 g/mol. The van der Waals surface area contributed by atoms with Crippen molar-refractivity contribution in [2.24, 2.45) is 5.92 Å². The Kier molecular flexibility index (Phi) is 11.2. The number of carbonyl (C=O) groups excluding carboxylic acids is 4. The van der Waals surface area contributed by atoms with Crippen molar-refractivity contribution in [3.63, 3.8) is 0 Å². The number of carboxylic acid groups (broad SMARTS) is 1. The summed E-state index contributed by atoms with van der Waals surface area (Å²) in [7, 11) is 2.68. The second-order valence-corrected chi connectivity index (χ2v) is 9.67. The van der Waals surface area contributed by atoms with Crippen LogP contribution in [0.1, 0.15) is 31.3 Å². The first-order valence-corrected chi connectivity index (χ1v) is 12.8. The summed E-state index contributed by atoms with van der Waals surface area (Å²) in [5.41, 5.74) is 0.984. The molecule has 0 fully saturated rings. The standard InChI is InChI=1S/C25H34N6O7S/c1-13(2)20(25(37)38)31(5)24(36)19(12-39)30(4)23(35)14(3)27-22(34)18(11-32)29-21(33)17-10-26-15-8-6-7-9-16(15)28-17/h6-10,13-14,18-20,32,39H,11-12H2,1-5H3,(H,27,34)(H,29,33)(H,37,38)/t14-,18+,19-,20-/m0/s1. The quantitative estimate of drug-likeness (QED) is 0.214. The first kappa shape index (κ1) is 31.4. The fraction of sp³-hybridized carbons (Fsp3) is 0.480. The van der Waals surface area contributed by atoms with Crippen LogP contribution in [0.2, 0.25) is 0 Å². The number of hydrogen-bond acceptors (Lipinski definition) is 9. The number of carboxylic acids is 1. The van der Waals surface area contributed by atoms with E-state index in [4.69, 9.17) is 0 Å². The first-order chi connectivity index (χ1) is 18.3. The van der Waals surface area contributed by atoms with Crippen molar-refractivity contribution in [2.75, 3.05) is 26.5 Å². The Morgan fingerprint density at radius 1 is 0.974 bits per heavy atom. The summed E-state index contributed by atoms with van der Waals surface area (Å²) in [5.74, 6) is -4.55. The van der Waals surface area contributed by atoms with Crippen LogP contribution in [0.25, 0.3) is 11.0 Å². The maximum atomic E-state index is 13.0. The molecule has 4 N–H and O–H groups in total. The number of aliphatic hydroxyl groups excluding tert-OH is 1. The van der Waals surface area contributed by atoms with E-state index in [9.17, 15) is 34.2 Å². The molecule has 1 aromatic heterocycles. The van der Waals surface area contributed by atoms with Crippen LogP contribution in [0, 0.1) is 5.92 Å². The molecule has 4 amide bonds. The van der Waals surface area contributed by atoms with Crippen molar-refractivity contribution in [1.29, 1.82) is 0 Å². The van der Waals surface area contributed by atoms with Crippen LogP contribution in [0.5, 0.6) is 0 Å². The van der Waals surface area contributed by atoms with Crippen molar-refractivity contribution in [1.82, 2.24) is 30.4 Å². The highest BCUT2D eigenvalue weighted by Gasteiger charge is 2.37. The number of aliphatic hydroxyl groups is 1. The number of hydrogen-bond donors (Lipinski definition) is 5. The topological polar surface area (TPSA) is 182 Å². The minimum Gasteiger partial charge on any atom is -0.480 e. The van der Waals surface area contributed by atoms with Gasteiger partial charge in [-0.3, -0.25) is 24.2 Å². The Hall–Kier alpha value is -3.78. The highest BCUT2D eigenvalue weighted by molar-refractivity contribution is 7.80. The van der Waals surface area contributed by atoms with Gasteiger partial charge in [-0.1, -0.05) is 26.0 Å². The molecule has 0 saturated carbocycles. The van der Waals surface area contributed by atoms with Crippen LogP contribution in [0.3, 0.4) is 0 Å². The Morgan fingerprint density at radius 2 is 1.59 bits per heavy atom. The molecule has 0 saturated heterocycles. The average Bonchev–Trinajstić information content (AvgIpc) is 2.90. The highest BCUT2D eigenvalue weighted by atomic mass is 32.1. The summed E-state index contributed by atoms with van der Waals surface area (Å²) in [6, 6.07) is 2.13. The molecule has 1 heterocycles. The molecule has 2 rings (SSSR count). The molecule has 0 spiro atoms. The molecule has 39 heavy (non-hydrogen) atoms. The van der Waals surface area contributed by atoms with Gasteiger partial charge in [0, 0.05) is 19.8 Å². The molecule has 14 heteroatoms. The van der Waals surface area contributed by atoms with Crippen LogP contribution in [0.4, 0.5) is 0 Å². The van der Waals surface area contributed by atoms with Crippen molar-refractivity contribution >= 4 is 53.3 Å². The first-order valence-electron chi connectivity index (χ1n) is 12.1. The van der Waals surface area contributed by atoms with Crippen molar-refractivity contribution in [2.45, 2.75) is 44.9 Å². The number of thiol groups is 1. The fourth-order valence-electron chi connectivity index (χ4n) is 3.96. The number of nitrogens with one attached hydrogen (secondary N) is 2. The molecule has 212 valence electrons. The van der Waals surface area contributed by atoms with Crippen molar-refractivity contribution < 1.29 is 34.2 Å². The molecular weight excluding hydrogens is 528 g/mol. The number of aliphatic carboxylic acids is 1. The molecule has 0 aliphatic carbocycles. The van der Waals surface area contributed by atoms with E-state index in [1.807, 2.05) is 0 Å². The van der Waals surface area contributed by atoms with E-state index in [1.165, 1.54) is 27.2 Å². The van der Waals surface area contributed by atoms with Gasteiger partial charge in [0.15, 0.2) is 0 Å². The second-order valence-electron chi connectivity index (χ2n) is 9.31.